The van der Waals surface area contributed by atoms with Gasteiger partial charge in [0.2, 0.25) is 5.91 Å². The number of benzene rings is 4. The molecular formula is C40H47FN5O4P. The maximum Gasteiger partial charge on any atom is 0.319 e. The summed E-state index contributed by atoms with van der Waals surface area (Å²) in [5.74, 6) is 5.91. The van der Waals surface area contributed by atoms with Gasteiger partial charge in [0.15, 0.2) is 0 Å². The molecule has 268 valence electrons. The molecule has 6 N–H and O–H groups in total. The van der Waals surface area contributed by atoms with Gasteiger partial charge in [-0.05, 0) is 91.7 Å². The van der Waals surface area contributed by atoms with Crippen LogP contribution < -0.4 is 31.3 Å². The van der Waals surface area contributed by atoms with Crippen LogP contribution in [0.4, 0.5) is 14.9 Å². The molecule has 0 saturated heterocycles. The average Bonchev–Trinajstić information content (AvgIpc) is 3.14. The van der Waals surface area contributed by atoms with Crippen molar-refractivity contribution in [3.63, 3.8) is 0 Å². The van der Waals surface area contributed by atoms with E-state index >= 15 is 0 Å². The lowest BCUT2D eigenvalue weighted by Gasteiger charge is -2.19. The van der Waals surface area contributed by atoms with Crippen molar-refractivity contribution in [2.75, 3.05) is 32.1 Å². The van der Waals surface area contributed by atoms with Crippen molar-refractivity contribution in [2.45, 2.75) is 50.5 Å². The first-order valence-corrected chi connectivity index (χ1v) is 18.2. The van der Waals surface area contributed by atoms with E-state index in [9.17, 15) is 18.9 Å². The minimum Gasteiger partial charge on any atom is -0.481 e. The van der Waals surface area contributed by atoms with Crippen molar-refractivity contribution in [3.8, 4) is 17.6 Å². The number of nitrogens with one attached hydrogen (secondary N) is 5. The normalized spacial score (nSPS) is 12.1. The molecule has 0 fully saturated rings. The summed E-state index contributed by atoms with van der Waals surface area (Å²) in [5, 5.41) is 14.9. The van der Waals surface area contributed by atoms with E-state index in [1.807, 2.05) is 85.9 Å². The molecule has 51 heavy (non-hydrogen) atoms. The second kappa shape index (κ2) is 22.1. The van der Waals surface area contributed by atoms with E-state index in [-0.39, 0.29) is 33.5 Å². The molecule has 0 radical (unpaired) electrons. The van der Waals surface area contributed by atoms with Crippen molar-refractivity contribution in [3.05, 3.63) is 131 Å². The number of carbonyl (C=O) groups excluding carboxylic acids is 2. The zero-order chi connectivity index (χ0) is 36.1. The smallest absolute Gasteiger partial charge is 0.319 e. The van der Waals surface area contributed by atoms with Gasteiger partial charge < -0.3 is 36.2 Å². The monoisotopic (exact) mass is 711 g/mol. The Balaban J connectivity index is 1.34. The molecule has 3 amide bonds. The number of amides is 3. The van der Waals surface area contributed by atoms with Crippen molar-refractivity contribution in [1.82, 2.24) is 21.3 Å². The molecule has 4 aromatic rings. The van der Waals surface area contributed by atoms with Crippen LogP contribution in [0.25, 0.3) is 0 Å². The highest BCUT2D eigenvalue weighted by molar-refractivity contribution is 7.31. The van der Waals surface area contributed by atoms with Crippen LogP contribution in [0.2, 0.25) is 0 Å². The van der Waals surface area contributed by atoms with Crippen LogP contribution in [-0.4, -0.2) is 49.6 Å². The second-order valence-electron chi connectivity index (χ2n) is 12.0. The molecule has 0 saturated carbocycles. The zero-order valence-corrected chi connectivity index (χ0v) is 29.9. The second-order valence-corrected chi connectivity index (χ2v) is 12.8. The summed E-state index contributed by atoms with van der Waals surface area (Å²) in [6.45, 7) is 2.26. The Bertz CT molecular complexity index is 1720. The first-order valence-electron chi connectivity index (χ1n) is 17.2. The van der Waals surface area contributed by atoms with Crippen molar-refractivity contribution in [2.24, 2.45) is 0 Å². The summed E-state index contributed by atoms with van der Waals surface area (Å²) < 4.78 is 19.3. The number of rotatable bonds is 19. The highest BCUT2D eigenvalue weighted by atomic mass is 31.1. The lowest BCUT2D eigenvalue weighted by Crippen LogP contribution is -2.49. The number of halogens is 1. The molecule has 0 aliphatic rings. The van der Waals surface area contributed by atoms with Gasteiger partial charge in [-0.25, -0.2) is 9.18 Å². The Kier molecular flexibility index (Phi) is 16.9. The van der Waals surface area contributed by atoms with Gasteiger partial charge in [0.25, 0.3) is 0 Å². The quantitative estimate of drug-likeness (QED) is 0.0388. The first-order chi connectivity index (χ1) is 24.9. The Morgan fingerprint density at radius 2 is 1.61 bits per heavy atom. The van der Waals surface area contributed by atoms with Gasteiger partial charge in [0, 0.05) is 39.6 Å². The standard InChI is InChI=1S/C40H47FN5O4P/c1-42-23-7-2-3-8-24-43-38(47)37(46-40(48)45-35-21-19-34(41)20-22-35)27-32-15-9-14-30(26-32)16-11-25-50-36-18-10-17-33(28-36)39(51-49)44-29-31-12-5-4-6-13-31/h4-6,9-10,12-15,17-22,26,28,37,39,42,44,49,51H,2-3,7-8,23-25,27,29H2,1H3,(H,43,47)(H2,45,46,48). The summed E-state index contributed by atoms with van der Waals surface area (Å²) in [6, 6.07) is 29.2. The Labute approximate surface area is 302 Å². The molecule has 0 aromatic heterocycles. The Morgan fingerprint density at radius 1 is 0.863 bits per heavy atom. The van der Waals surface area contributed by atoms with E-state index in [4.69, 9.17) is 4.74 Å². The van der Waals surface area contributed by atoms with E-state index in [0.717, 1.165) is 54.5 Å². The number of carbonyl (C=O) groups is 2. The number of unbranched alkanes of at least 4 members (excludes halogenated alkanes) is 3. The van der Waals surface area contributed by atoms with Gasteiger partial charge in [0.1, 0.15) is 24.2 Å². The zero-order valence-electron chi connectivity index (χ0n) is 28.9. The minimum atomic E-state index is -0.848. The summed E-state index contributed by atoms with van der Waals surface area (Å²) >= 11 is 0. The van der Waals surface area contributed by atoms with Crippen molar-refractivity contribution < 1.29 is 23.6 Å². The van der Waals surface area contributed by atoms with Crippen molar-refractivity contribution in [1.29, 1.82) is 0 Å². The predicted octanol–water partition coefficient (Wildman–Crippen LogP) is 6.26. The highest BCUT2D eigenvalue weighted by Crippen LogP contribution is 2.31. The predicted molar refractivity (Wildman–Crippen MR) is 203 cm³/mol. The van der Waals surface area contributed by atoms with Gasteiger partial charge in [-0.15, -0.1) is 0 Å². The third kappa shape index (κ3) is 14.5. The number of urea groups is 1. The average molecular weight is 712 g/mol. The van der Waals surface area contributed by atoms with Gasteiger partial charge >= 0.3 is 6.03 Å². The molecule has 0 spiro atoms. The SMILES string of the molecule is CNCCCCCCNC(=O)C(Cc1cccc(C#CCOc2cccc(C(NCc3ccccc3)PO)c2)c1)NC(=O)Nc1ccc(F)cc1. The van der Waals surface area contributed by atoms with Crippen LogP contribution in [0.5, 0.6) is 5.75 Å². The topological polar surface area (TPSA) is 124 Å². The third-order valence-corrected chi connectivity index (χ3v) is 8.76. The fraction of sp³-hybridized carbons (Fsp3) is 0.300. The first kappa shape index (κ1) is 39.0. The van der Waals surface area contributed by atoms with Gasteiger partial charge in [-0.2, -0.15) is 0 Å². The molecule has 3 atom stereocenters. The number of anilines is 1. The number of ether oxygens (including phenoxy) is 1. The van der Waals surface area contributed by atoms with Gasteiger partial charge in [0.05, 0.1) is 5.78 Å². The number of hydrogen-bond acceptors (Lipinski definition) is 6. The lowest BCUT2D eigenvalue weighted by atomic mass is 10.0. The van der Waals surface area contributed by atoms with E-state index in [1.54, 1.807) is 0 Å². The van der Waals surface area contributed by atoms with E-state index in [2.05, 4.69) is 38.4 Å². The third-order valence-electron chi connectivity index (χ3n) is 7.96. The maximum atomic E-state index is 13.3. The molecule has 3 unspecified atom stereocenters. The van der Waals surface area contributed by atoms with Crippen LogP contribution in [0.3, 0.4) is 0 Å². The highest BCUT2D eigenvalue weighted by Gasteiger charge is 2.21. The van der Waals surface area contributed by atoms with E-state index in [1.165, 1.54) is 24.3 Å². The molecule has 11 heteroatoms. The molecule has 0 aliphatic carbocycles. The summed E-state index contributed by atoms with van der Waals surface area (Å²) in [7, 11) is 1.61. The van der Waals surface area contributed by atoms with Crippen LogP contribution in [-0.2, 0) is 17.8 Å². The van der Waals surface area contributed by atoms with E-state index in [0.29, 0.717) is 24.5 Å². The number of hydrogen-bond donors (Lipinski definition) is 6. The van der Waals surface area contributed by atoms with Crippen LogP contribution >= 0.6 is 8.81 Å². The van der Waals surface area contributed by atoms with Crippen LogP contribution in [0, 0.1) is 17.7 Å². The molecule has 0 heterocycles. The molecule has 0 bridgehead atoms. The van der Waals surface area contributed by atoms with Crippen LogP contribution in [0.15, 0.2) is 103 Å². The fourth-order valence-electron chi connectivity index (χ4n) is 5.29. The minimum absolute atomic E-state index is 0.155. The van der Waals surface area contributed by atoms with Gasteiger partial charge in [-0.1, -0.05) is 79.3 Å². The molecule has 9 nitrogen and oxygen atoms in total. The van der Waals surface area contributed by atoms with E-state index < -0.39 is 17.9 Å². The fourth-order valence-corrected chi connectivity index (χ4v) is 5.81. The summed E-state index contributed by atoms with van der Waals surface area (Å²) in [4.78, 5) is 36.1. The maximum absolute atomic E-state index is 13.3. The molecule has 4 rings (SSSR count). The molecular weight excluding hydrogens is 664 g/mol. The summed E-state index contributed by atoms with van der Waals surface area (Å²) in [5.41, 5.74) is 4.04. The Morgan fingerprint density at radius 3 is 2.37 bits per heavy atom. The molecule has 4 aromatic carbocycles. The Hall–Kier alpha value is -4.78. The molecule has 0 aliphatic heterocycles. The van der Waals surface area contributed by atoms with Crippen molar-refractivity contribution >= 4 is 26.4 Å². The van der Waals surface area contributed by atoms with Crippen LogP contribution in [0.1, 0.15) is 53.7 Å². The lowest BCUT2D eigenvalue weighted by molar-refractivity contribution is -0.122. The summed E-state index contributed by atoms with van der Waals surface area (Å²) in [6.07, 6.45) is 4.23. The van der Waals surface area contributed by atoms with Gasteiger partial charge in [-0.3, -0.25) is 4.79 Å². The largest absolute Gasteiger partial charge is 0.481 e.